The van der Waals surface area contributed by atoms with Crippen molar-refractivity contribution in [2.24, 2.45) is 0 Å². The molecule has 0 saturated carbocycles. The molecule has 0 unspecified atom stereocenters. The van der Waals surface area contributed by atoms with E-state index in [-0.39, 0.29) is 17.2 Å². The number of nitrogens with one attached hydrogen (secondary N) is 1. The molecular weight excluding hydrogens is 402 g/mol. The number of amides is 1. The molecule has 2 heterocycles. The van der Waals surface area contributed by atoms with Crippen LogP contribution in [0.2, 0.25) is 0 Å². The Bertz CT molecular complexity index is 1120. The standard InChI is InChI=1S/C22H25N3O2S2/c1-3-12-25-21(27)19-15-9-7-11-17(15)29-20(19)24-22(25)28-13-18(26)23-16-10-6-5-8-14(16)4-2/h5-6,8,10H,3-4,7,9,11-13H2,1-2H3,(H,23,26). The second-order valence-corrected chi connectivity index (χ2v) is 9.26. The SMILES string of the molecule is CCCn1c(SCC(=O)Nc2ccccc2CC)nc2sc3c(c2c1=O)CCC3. The third-order valence-electron chi connectivity index (χ3n) is 5.24. The van der Waals surface area contributed by atoms with Crippen LogP contribution in [0.3, 0.4) is 0 Å². The molecule has 0 fully saturated rings. The van der Waals surface area contributed by atoms with Crippen LogP contribution in [0, 0.1) is 0 Å². The summed E-state index contributed by atoms with van der Waals surface area (Å²) < 4.78 is 1.76. The Morgan fingerprint density at radius 1 is 1.28 bits per heavy atom. The van der Waals surface area contributed by atoms with Gasteiger partial charge in [-0.3, -0.25) is 14.2 Å². The molecule has 4 rings (SSSR count). The summed E-state index contributed by atoms with van der Waals surface area (Å²) in [6.45, 7) is 4.74. The van der Waals surface area contributed by atoms with Gasteiger partial charge in [0.2, 0.25) is 5.91 Å². The Morgan fingerprint density at radius 2 is 2.10 bits per heavy atom. The summed E-state index contributed by atoms with van der Waals surface area (Å²) in [5, 5.41) is 4.44. The lowest BCUT2D eigenvalue weighted by molar-refractivity contribution is -0.113. The van der Waals surface area contributed by atoms with Gasteiger partial charge in [0.25, 0.3) is 5.56 Å². The van der Waals surface area contributed by atoms with Crippen LogP contribution in [-0.2, 0) is 30.6 Å². The number of carbonyl (C=O) groups is 1. The van der Waals surface area contributed by atoms with Gasteiger partial charge in [0.15, 0.2) is 5.16 Å². The van der Waals surface area contributed by atoms with Crippen LogP contribution in [-0.4, -0.2) is 21.2 Å². The molecule has 3 aromatic rings. The average Bonchev–Trinajstić information content (AvgIpc) is 3.30. The number of anilines is 1. The van der Waals surface area contributed by atoms with Crippen LogP contribution in [0.1, 0.15) is 42.7 Å². The Labute approximate surface area is 178 Å². The minimum absolute atomic E-state index is 0.0514. The smallest absolute Gasteiger partial charge is 0.263 e. The lowest BCUT2D eigenvalue weighted by atomic mass is 10.1. The Hall–Kier alpha value is -2.12. The summed E-state index contributed by atoms with van der Waals surface area (Å²) in [5.41, 5.74) is 3.22. The maximum absolute atomic E-state index is 13.2. The molecule has 0 bridgehead atoms. The number of hydrogen-bond acceptors (Lipinski definition) is 5. The normalized spacial score (nSPS) is 13.0. The van der Waals surface area contributed by atoms with Gasteiger partial charge in [-0.05, 0) is 49.3 Å². The second kappa shape index (κ2) is 8.71. The van der Waals surface area contributed by atoms with Gasteiger partial charge >= 0.3 is 0 Å². The fourth-order valence-electron chi connectivity index (χ4n) is 3.86. The molecule has 5 nitrogen and oxygen atoms in total. The van der Waals surface area contributed by atoms with E-state index < -0.39 is 0 Å². The highest BCUT2D eigenvalue weighted by Crippen LogP contribution is 2.35. The third-order valence-corrected chi connectivity index (χ3v) is 7.40. The van der Waals surface area contributed by atoms with Crippen LogP contribution >= 0.6 is 23.1 Å². The van der Waals surface area contributed by atoms with E-state index in [1.54, 1.807) is 15.9 Å². The molecule has 1 aromatic carbocycles. The number of aryl methyl sites for hydroxylation is 3. The maximum atomic E-state index is 13.2. The van der Waals surface area contributed by atoms with Gasteiger partial charge in [-0.15, -0.1) is 11.3 Å². The highest BCUT2D eigenvalue weighted by molar-refractivity contribution is 7.99. The molecule has 7 heteroatoms. The summed E-state index contributed by atoms with van der Waals surface area (Å²) in [7, 11) is 0. The Kier molecular flexibility index (Phi) is 6.06. The highest BCUT2D eigenvalue weighted by atomic mass is 32.2. The van der Waals surface area contributed by atoms with Crippen molar-refractivity contribution in [3.63, 3.8) is 0 Å². The summed E-state index contributed by atoms with van der Waals surface area (Å²) in [5.74, 6) is 0.145. The zero-order chi connectivity index (χ0) is 20.4. The highest BCUT2D eigenvalue weighted by Gasteiger charge is 2.23. The van der Waals surface area contributed by atoms with Crippen molar-refractivity contribution in [1.29, 1.82) is 0 Å². The fourth-order valence-corrected chi connectivity index (χ4v) is 5.98. The molecule has 2 aromatic heterocycles. The topological polar surface area (TPSA) is 64.0 Å². The molecule has 0 spiro atoms. The summed E-state index contributed by atoms with van der Waals surface area (Å²) in [4.78, 5) is 32.7. The van der Waals surface area contributed by atoms with Crippen LogP contribution in [0.4, 0.5) is 5.69 Å². The van der Waals surface area contributed by atoms with Crippen molar-refractivity contribution in [1.82, 2.24) is 9.55 Å². The quantitative estimate of drug-likeness (QED) is 0.440. The second-order valence-electron chi connectivity index (χ2n) is 7.24. The Morgan fingerprint density at radius 3 is 2.90 bits per heavy atom. The minimum atomic E-state index is -0.0815. The predicted molar refractivity (Wildman–Crippen MR) is 121 cm³/mol. The summed E-state index contributed by atoms with van der Waals surface area (Å²) in [6, 6.07) is 7.84. The number of nitrogens with zero attached hydrogens (tertiary/aromatic N) is 2. The minimum Gasteiger partial charge on any atom is -0.325 e. The van der Waals surface area contributed by atoms with Crippen molar-refractivity contribution in [2.75, 3.05) is 11.1 Å². The van der Waals surface area contributed by atoms with Crippen LogP contribution in [0.25, 0.3) is 10.2 Å². The predicted octanol–water partition coefficient (Wildman–Crippen LogP) is 4.65. The van der Waals surface area contributed by atoms with E-state index in [2.05, 4.69) is 19.2 Å². The van der Waals surface area contributed by atoms with Gasteiger partial charge in [0.1, 0.15) is 4.83 Å². The van der Waals surface area contributed by atoms with Crippen molar-refractivity contribution >= 4 is 44.9 Å². The molecule has 1 N–H and O–H groups in total. The lowest BCUT2D eigenvalue weighted by Crippen LogP contribution is -2.24. The number of rotatable bonds is 7. The van der Waals surface area contributed by atoms with Gasteiger partial charge in [-0.25, -0.2) is 4.98 Å². The molecule has 0 aliphatic heterocycles. The monoisotopic (exact) mass is 427 g/mol. The largest absolute Gasteiger partial charge is 0.325 e. The number of carbonyl (C=O) groups excluding carboxylic acids is 1. The number of thiophene rings is 1. The first kappa shape index (κ1) is 20.2. The van der Waals surface area contributed by atoms with Crippen molar-refractivity contribution in [3.8, 4) is 0 Å². The average molecular weight is 428 g/mol. The molecule has 0 atom stereocenters. The molecule has 1 aliphatic carbocycles. The zero-order valence-corrected chi connectivity index (χ0v) is 18.4. The number of para-hydroxylation sites is 1. The van der Waals surface area contributed by atoms with E-state index >= 15 is 0 Å². The molecule has 152 valence electrons. The number of aromatic nitrogens is 2. The van der Waals surface area contributed by atoms with E-state index in [9.17, 15) is 9.59 Å². The van der Waals surface area contributed by atoms with Crippen molar-refractivity contribution in [2.45, 2.75) is 57.7 Å². The van der Waals surface area contributed by atoms with Crippen LogP contribution in [0.15, 0.2) is 34.2 Å². The zero-order valence-electron chi connectivity index (χ0n) is 16.8. The first-order valence-corrected chi connectivity index (χ1v) is 12.0. The van der Waals surface area contributed by atoms with Crippen LogP contribution in [0.5, 0.6) is 0 Å². The molecule has 1 amide bonds. The van der Waals surface area contributed by atoms with Crippen molar-refractivity contribution < 1.29 is 4.79 Å². The Balaban J connectivity index is 1.58. The van der Waals surface area contributed by atoms with Gasteiger partial charge in [0, 0.05) is 17.1 Å². The fraction of sp³-hybridized carbons (Fsp3) is 0.409. The van der Waals surface area contributed by atoms with Crippen molar-refractivity contribution in [3.05, 3.63) is 50.6 Å². The number of benzene rings is 1. The molecule has 29 heavy (non-hydrogen) atoms. The first-order chi connectivity index (χ1) is 14.1. The van der Waals surface area contributed by atoms with Gasteiger partial charge in [-0.1, -0.05) is 43.8 Å². The lowest BCUT2D eigenvalue weighted by Gasteiger charge is -2.12. The molecular formula is C22H25N3O2S2. The van der Waals surface area contributed by atoms with E-state index in [1.165, 1.54) is 22.2 Å². The van der Waals surface area contributed by atoms with E-state index in [0.29, 0.717) is 11.7 Å². The van der Waals surface area contributed by atoms with Gasteiger partial charge in [-0.2, -0.15) is 0 Å². The number of hydrogen-bond donors (Lipinski definition) is 1. The molecule has 0 saturated heterocycles. The van der Waals surface area contributed by atoms with E-state index in [1.807, 2.05) is 24.3 Å². The van der Waals surface area contributed by atoms with Crippen LogP contribution < -0.4 is 10.9 Å². The molecule has 1 aliphatic rings. The summed E-state index contributed by atoms with van der Waals surface area (Å²) in [6.07, 6.45) is 4.86. The number of fused-ring (bicyclic) bond motifs is 3. The van der Waals surface area contributed by atoms with E-state index in [4.69, 9.17) is 4.98 Å². The molecule has 0 radical (unpaired) electrons. The third kappa shape index (κ3) is 3.98. The van der Waals surface area contributed by atoms with Gasteiger partial charge < -0.3 is 5.32 Å². The first-order valence-electron chi connectivity index (χ1n) is 10.2. The van der Waals surface area contributed by atoms with Gasteiger partial charge in [0.05, 0.1) is 11.1 Å². The summed E-state index contributed by atoms with van der Waals surface area (Å²) >= 11 is 2.99. The maximum Gasteiger partial charge on any atom is 0.263 e. The number of thioether (sulfide) groups is 1. The van der Waals surface area contributed by atoms with E-state index in [0.717, 1.165) is 53.6 Å².